The van der Waals surface area contributed by atoms with Crippen LogP contribution >= 0.6 is 0 Å². The Hall–Kier alpha value is -0.860. The maximum atomic E-state index is 9.70. The first-order chi connectivity index (χ1) is 8.68. The molecule has 2 N–H and O–H groups in total. The van der Waals surface area contributed by atoms with Gasteiger partial charge >= 0.3 is 0 Å². The number of aliphatic hydroxyl groups is 2. The van der Waals surface area contributed by atoms with Gasteiger partial charge in [0, 0.05) is 5.41 Å². The molecule has 0 heterocycles. The van der Waals surface area contributed by atoms with Crippen LogP contribution in [0.25, 0.3) is 0 Å². The fraction of sp³-hybridized carbons (Fsp3) is 0.625. The Morgan fingerprint density at radius 1 is 0.944 bits per heavy atom. The van der Waals surface area contributed by atoms with Crippen molar-refractivity contribution in [2.75, 3.05) is 13.2 Å². The molecule has 0 unspecified atom stereocenters. The molecule has 1 aromatic rings. The zero-order valence-corrected chi connectivity index (χ0v) is 11.7. The molecule has 2 heteroatoms. The molecule has 102 valence electrons. The summed E-state index contributed by atoms with van der Waals surface area (Å²) in [5.41, 5.74) is 1.78. The lowest BCUT2D eigenvalue weighted by Crippen LogP contribution is -2.34. The van der Waals surface area contributed by atoms with Crippen LogP contribution in [-0.2, 0) is 5.41 Å². The van der Waals surface area contributed by atoms with Gasteiger partial charge in [0.2, 0.25) is 0 Å². The third kappa shape index (κ3) is 3.82. The standard InChI is InChI=1S/C16H26O2/c1-3-4-5-6-11-16(12-17,13-18)15-9-7-14(2)8-10-15/h7-10,17-18H,3-6,11-13H2,1-2H3. The number of aliphatic hydroxyl groups excluding tert-OH is 2. The summed E-state index contributed by atoms with van der Waals surface area (Å²) in [6.45, 7) is 4.26. The zero-order chi connectivity index (χ0) is 13.4. The van der Waals surface area contributed by atoms with Gasteiger partial charge in [0.05, 0.1) is 13.2 Å². The quantitative estimate of drug-likeness (QED) is 0.696. The number of hydrogen-bond donors (Lipinski definition) is 2. The molecule has 0 radical (unpaired) electrons. The van der Waals surface area contributed by atoms with Crippen molar-refractivity contribution >= 4 is 0 Å². The van der Waals surface area contributed by atoms with Gasteiger partial charge in [-0.1, -0.05) is 62.4 Å². The Labute approximate surface area is 111 Å². The third-order valence-electron chi connectivity index (χ3n) is 3.78. The predicted octanol–water partition coefficient (Wildman–Crippen LogP) is 3.19. The van der Waals surface area contributed by atoms with Crippen LogP contribution in [0, 0.1) is 6.92 Å². The molecule has 0 atom stereocenters. The smallest absolute Gasteiger partial charge is 0.0550 e. The van der Waals surface area contributed by atoms with Crippen molar-refractivity contribution in [3.8, 4) is 0 Å². The lowest BCUT2D eigenvalue weighted by molar-refractivity contribution is 0.107. The molecule has 0 aromatic heterocycles. The second-order valence-electron chi connectivity index (χ2n) is 5.27. The molecule has 2 nitrogen and oxygen atoms in total. The zero-order valence-electron chi connectivity index (χ0n) is 11.7. The molecule has 0 amide bonds. The summed E-state index contributed by atoms with van der Waals surface area (Å²) in [4.78, 5) is 0. The van der Waals surface area contributed by atoms with E-state index in [1.54, 1.807) is 0 Å². The van der Waals surface area contributed by atoms with Gasteiger partial charge in [0.15, 0.2) is 0 Å². The number of benzene rings is 1. The third-order valence-corrected chi connectivity index (χ3v) is 3.78. The highest BCUT2D eigenvalue weighted by atomic mass is 16.3. The SMILES string of the molecule is CCCCCCC(CO)(CO)c1ccc(C)cc1. The van der Waals surface area contributed by atoms with E-state index in [0.29, 0.717) is 0 Å². The highest BCUT2D eigenvalue weighted by molar-refractivity contribution is 5.29. The minimum absolute atomic E-state index is 0.0126. The van der Waals surface area contributed by atoms with E-state index < -0.39 is 5.41 Å². The van der Waals surface area contributed by atoms with Gasteiger partial charge < -0.3 is 10.2 Å². The molecule has 0 aliphatic carbocycles. The second-order valence-corrected chi connectivity index (χ2v) is 5.27. The molecule has 1 rings (SSSR count). The second kappa shape index (κ2) is 7.55. The van der Waals surface area contributed by atoms with Crippen LogP contribution in [0.15, 0.2) is 24.3 Å². The summed E-state index contributed by atoms with van der Waals surface area (Å²) in [7, 11) is 0. The van der Waals surface area contributed by atoms with Crippen LogP contribution in [0.2, 0.25) is 0 Å². The van der Waals surface area contributed by atoms with Gasteiger partial charge in [0.25, 0.3) is 0 Å². The maximum Gasteiger partial charge on any atom is 0.0550 e. The van der Waals surface area contributed by atoms with Crippen molar-refractivity contribution in [2.45, 2.75) is 51.4 Å². The summed E-state index contributed by atoms with van der Waals surface area (Å²) in [6.07, 6.45) is 5.51. The van der Waals surface area contributed by atoms with Crippen molar-refractivity contribution in [3.63, 3.8) is 0 Å². The van der Waals surface area contributed by atoms with Crippen molar-refractivity contribution < 1.29 is 10.2 Å². The lowest BCUT2D eigenvalue weighted by atomic mass is 9.77. The highest BCUT2D eigenvalue weighted by Gasteiger charge is 2.30. The van der Waals surface area contributed by atoms with Crippen LogP contribution in [0.3, 0.4) is 0 Å². The van der Waals surface area contributed by atoms with E-state index in [1.165, 1.54) is 24.8 Å². The van der Waals surface area contributed by atoms with Crippen LogP contribution in [0.1, 0.15) is 50.2 Å². The summed E-state index contributed by atoms with van der Waals surface area (Å²) in [5.74, 6) is 0. The van der Waals surface area contributed by atoms with Crippen molar-refractivity contribution in [1.82, 2.24) is 0 Å². The monoisotopic (exact) mass is 250 g/mol. The Kier molecular flexibility index (Phi) is 6.37. The molecular formula is C16H26O2. The fourth-order valence-corrected chi connectivity index (χ4v) is 2.33. The van der Waals surface area contributed by atoms with Gasteiger partial charge in [0.1, 0.15) is 0 Å². The average molecular weight is 250 g/mol. The fourth-order valence-electron chi connectivity index (χ4n) is 2.33. The minimum Gasteiger partial charge on any atom is -0.395 e. The molecular weight excluding hydrogens is 224 g/mol. The summed E-state index contributed by atoms with van der Waals surface area (Å²) < 4.78 is 0. The lowest BCUT2D eigenvalue weighted by Gasteiger charge is -2.30. The first-order valence-electron chi connectivity index (χ1n) is 6.97. The van der Waals surface area contributed by atoms with Crippen LogP contribution < -0.4 is 0 Å². The van der Waals surface area contributed by atoms with Crippen molar-refractivity contribution in [3.05, 3.63) is 35.4 Å². The molecule has 0 bridgehead atoms. The molecule has 0 spiro atoms. The molecule has 0 saturated heterocycles. The van der Waals surface area contributed by atoms with Crippen LogP contribution in [0.4, 0.5) is 0 Å². The van der Waals surface area contributed by atoms with E-state index in [9.17, 15) is 10.2 Å². The molecule has 0 saturated carbocycles. The molecule has 18 heavy (non-hydrogen) atoms. The Bertz CT molecular complexity index is 325. The number of aryl methyl sites for hydroxylation is 1. The molecule has 1 aromatic carbocycles. The van der Waals surface area contributed by atoms with Gasteiger partial charge in [-0.3, -0.25) is 0 Å². The normalized spacial score (nSPS) is 11.8. The number of unbranched alkanes of at least 4 members (excludes halogenated alkanes) is 3. The molecule has 0 aliphatic heterocycles. The largest absolute Gasteiger partial charge is 0.395 e. The van der Waals surface area contributed by atoms with Crippen LogP contribution in [-0.4, -0.2) is 23.4 Å². The Morgan fingerprint density at radius 3 is 2.06 bits per heavy atom. The van der Waals surface area contributed by atoms with Gasteiger partial charge in [-0.05, 0) is 18.9 Å². The highest BCUT2D eigenvalue weighted by Crippen LogP contribution is 2.30. The first kappa shape index (κ1) is 15.2. The predicted molar refractivity (Wildman–Crippen MR) is 75.8 cm³/mol. The van der Waals surface area contributed by atoms with Crippen molar-refractivity contribution in [2.24, 2.45) is 0 Å². The van der Waals surface area contributed by atoms with E-state index in [2.05, 4.69) is 6.92 Å². The minimum atomic E-state index is -0.471. The summed E-state index contributed by atoms with van der Waals surface area (Å²) >= 11 is 0. The van der Waals surface area contributed by atoms with E-state index in [0.717, 1.165) is 18.4 Å². The van der Waals surface area contributed by atoms with Crippen molar-refractivity contribution in [1.29, 1.82) is 0 Å². The molecule has 0 aliphatic rings. The topological polar surface area (TPSA) is 40.5 Å². The Balaban J connectivity index is 2.75. The maximum absolute atomic E-state index is 9.70. The van der Waals surface area contributed by atoms with Gasteiger partial charge in [-0.15, -0.1) is 0 Å². The van der Waals surface area contributed by atoms with E-state index in [1.807, 2.05) is 31.2 Å². The molecule has 0 fully saturated rings. The van der Waals surface area contributed by atoms with Gasteiger partial charge in [-0.25, -0.2) is 0 Å². The van der Waals surface area contributed by atoms with E-state index >= 15 is 0 Å². The summed E-state index contributed by atoms with van der Waals surface area (Å²) in [5, 5.41) is 19.4. The first-order valence-corrected chi connectivity index (χ1v) is 6.97. The van der Waals surface area contributed by atoms with E-state index in [-0.39, 0.29) is 13.2 Å². The van der Waals surface area contributed by atoms with Gasteiger partial charge in [-0.2, -0.15) is 0 Å². The summed E-state index contributed by atoms with van der Waals surface area (Å²) in [6, 6.07) is 8.14. The Morgan fingerprint density at radius 2 is 1.56 bits per heavy atom. The number of hydrogen-bond acceptors (Lipinski definition) is 2. The number of rotatable bonds is 8. The van der Waals surface area contributed by atoms with E-state index in [4.69, 9.17) is 0 Å². The average Bonchev–Trinajstić information content (AvgIpc) is 2.41. The van der Waals surface area contributed by atoms with Crippen LogP contribution in [0.5, 0.6) is 0 Å².